The number of likely N-dealkylation sites (N-methyl/N-ethyl adjacent to an activating group) is 1. The number of nitrogens with zero attached hydrogens (tertiary/aromatic N) is 2. The minimum Gasteiger partial charge on any atom is -0.457 e. The zero-order valence-corrected chi connectivity index (χ0v) is 28.1. The van der Waals surface area contributed by atoms with Crippen molar-refractivity contribution in [3.63, 3.8) is 0 Å². The van der Waals surface area contributed by atoms with E-state index in [-0.39, 0.29) is 29.5 Å². The van der Waals surface area contributed by atoms with Gasteiger partial charge in [0.25, 0.3) is 10.0 Å². The van der Waals surface area contributed by atoms with Gasteiger partial charge in [0.15, 0.2) is 0 Å². The number of para-hydroxylation sites is 1. The zero-order valence-electron chi connectivity index (χ0n) is 25.7. The molecule has 8 nitrogen and oxygen atoms in total. The van der Waals surface area contributed by atoms with Crippen molar-refractivity contribution in [3.05, 3.63) is 155 Å². The van der Waals surface area contributed by atoms with Gasteiger partial charge in [0, 0.05) is 24.5 Å². The number of amides is 2. The Hall–Kier alpha value is -4.93. The highest BCUT2D eigenvalue weighted by Crippen LogP contribution is 2.29. The minimum atomic E-state index is -4.21. The van der Waals surface area contributed by atoms with E-state index in [1.54, 1.807) is 42.5 Å². The maximum absolute atomic E-state index is 14.4. The van der Waals surface area contributed by atoms with Crippen LogP contribution >= 0.6 is 15.9 Å². The van der Waals surface area contributed by atoms with E-state index in [4.69, 9.17) is 4.74 Å². The van der Waals surface area contributed by atoms with Gasteiger partial charge in [-0.15, -0.1) is 0 Å². The number of hydrogen-bond acceptors (Lipinski definition) is 5. The number of hydrogen-bond donors (Lipinski definition) is 1. The molecule has 0 aromatic heterocycles. The van der Waals surface area contributed by atoms with Gasteiger partial charge in [-0.2, -0.15) is 0 Å². The summed E-state index contributed by atoms with van der Waals surface area (Å²) in [5.74, 6) is 0.231. The number of nitrogens with one attached hydrogen (secondary N) is 1. The summed E-state index contributed by atoms with van der Waals surface area (Å²) in [6.07, 6.45) is 0.236. The number of sulfonamides is 1. The molecular formula is C37H34BrN3O5S. The molecule has 2 amide bonds. The number of rotatable bonds is 13. The second-order valence-corrected chi connectivity index (χ2v) is 13.5. The molecule has 47 heavy (non-hydrogen) atoms. The highest BCUT2D eigenvalue weighted by atomic mass is 79.9. The molecule has 0 saturated heterocycles. The van der Waals surface area contributed by atoms with E-state index in [2.05, 4.69) is 21.2 Å². The first-order chi connectivity index (χ1) is 22.7. The summed E-state index contributed by atoms with van der Waals surface area (Å²) in [6, 6.07) is 39.6. The predicted octanol–water partition coefficient (Wildman–Crippen LogP) is 6.82. The Labute approximate surface area is 283 Å². The number of ether oxygens (including phenoxy) is 1. The van der Waals surface area contributed by atoms with Crippen LogP contribution in [0.2, 0.25) is 0 Å². The smallest absolute Gasteiger partial charge is 0.264 e. The molecule has 0 bridgehead atoms. The molecule has 5 aromatic rings. The van der Waals surface area contributed by atoms with E-state index in [9.17, 15) is 18.0 Å². The molecule has 0 aliphatic carbocycles. The maximum Gasteiger partial charge on any atom is 0.264 e. The highest BCUT2D eigenvalue weighted by Gasteiger charge is 2.34. The van der Waals surface area contributed by atoms with Gasteiger partial charge < -0.3 is 15.0 Å². The summed E-state index contributed by atoms with van der Waals surface area (Å²) in [4.78, 5) is 29.3. The first kappa shape index (κ1) is 33.4. The number of benzene rings is 5. The Morgan fingerprint density at radius 3 is 1.87 bits per heavy atom. The van der Waals surface area contributed by atoms with E-state index in [0.717, 1.165) is 19.9 Å². The number of anilines is 1. The van der Waals surface area contributed by atoms with Gasteiger partial charge in [0.1, 0.15) is 24.1 Å². The Morgan fingerprint density at radius 2 is 1.28 bits per heavy atom. The second-order valence-electron chi connectivity index (χ2n) is 10.7. The standard InChI is InChI=1S/C37H34BrN3O5S/c1-39-37(43)35(25-28-11-5-2-6-12-28)40(26-29-17-19-30(38)20-18-29)36(42)27-41(47(44,45)34-15-9-4-10-16-34)31-21-23-33(24-22-31)46-32-13-7-3-8-14-32/h2-24,35H,25-27H2,1H3,(H,39,43). The average Bonchev–Trinajstić information content (AvgIpc) is 3.10. The van der Waals surface area contributed by atoms with Crippen molar-refractivity contribution in [2.24, 2.45) is 0 Å². The van der Waals surface area contributed by atoms with Gasteiger partial charge in [-0.25, -0.2) is 8.42 Å². The van der Waals surface area contributed by atoms with Crippen LogP contribution in [0.3, 0.4) is 0 Å². The molecule has 240 valence electrons. The van der Waals surface area contributed by atoms with Crippen LogP contribution in [0.5, 0.6) is 11.5 Å². The van der Waals surface area contributed by atoms with Gasteiger partial charge in [0.05, 0.1) is 10.6 Å². The fourth-order valence-corrected chi connectivity index (χ4v) is 6.76. The monoisotopic (exact) mass is 711 g/mol. The fourth-order valence-electron chi connectivity index (χ4n) is 5.06. The van der Waals surface area contributed by atoms with E-state index >= 15 is 0 Å². The third-order valence-electron chi connectivity index (χ3n) is 7.50. The lowest BCUT2D eigenvalue weighted by Crippen LogP contribution is -2.53. The van der Waals surface area contributed by atoms with Crippen molar-refractivity contribution < 1.29 is 22.7 Å². The van der Waals surface area contributed by atoms with Crippen LogP contribution in [0.25, 0.3) is 0 Å². The molecule has 0 saturated carbocycles. The highest BCUT2D eigenvalue weighted by molar-refractivity contribution is 9.10. The largest absolute Gasteiger partial charge is 0.457 e. The summed E-state index contributed by atoms with van der Waals surface area (Å²) in [6.45, 7) is -0.463. The minimum absolute atomic E-state index is 0.0315. The fraction of sp³-hybridized carbons (Fsp3) is 0.135. The van der Waals surface area contributed by atoms with Crippen molar-refractivity contribution in [3.8, 4) is 11.5 Å². The molecule has 0 fully saturated rings. The Morgan fingerprint density at radius 1 is 0.723 bits per heavy atom. The van der Waals surface area contributed by atoms with E-state index in [1.807, 2.05) is 84.9 Å². The molecule has 1 N–H and O–H groups in total. The van der Waals surface area contributed by atoms with Crippen LogP contribution in [0.4, 0.5) is 5.69 Å². The summed E-state index contributed by atoms with van der Waals surface area (Å²) in [5.41, 5.74) is 1.91. The van der Waals surface area contributed by atoms with Gasteiger partial charge >= 0.3 is 0 Å². The topological polar surface area (TPSA) is 96.0 Å². The first-order valence-electron chi connectivity index (χ1n) is 14.9. The van der Waals surface area contributed by atoms with Gasteiger partial charge in [-0.05, 0) is 71.8 Å². The lowest BCUT2D eigenvalue weighted by Gasteiger charge is -2.33. The predicted molar refractivity (Wildman–Crippen MR) is 187 cm³/mol. The van der Waals surface area contributed by atoms with Crippen LogP contribution in [-0.2, 0) is 32.6 Å². The molecule has 0 aliphatic rings. The normalized spacial score (nSPS) is 11.7. The van der Waals surface area contributed by atoms with Crippen molar-refractivity contribution >= 4 is 43.5 Å². The average molecular weight is 713 g/mol. The Kier molecular flexibility index (Phi) is 11.1. The van der Waals surface area contributed by atoms with Crippen molar-refractivity contribution in [1.82, 2.24) is 10.2 Å². The van der Waals surface area contributed by atoms with Crippen molar-refractivity contribution in [1.29, 1.82) is 0 Å². The van der Waals surface area contributed by atoms with Crippen molar-refractivity contribution in [2.75, 3.05) is 17.9 Å². The van der Waals surface area contributed by atoms with Gasteiger partial charge in [-0.1, -0.05) is 94.8 Å². The molecule has 0 radical (unpaired) electrons. The zero-order chi connectivity index (χ0) is 33.2. The van der Waals surface area contributed by atoms with Crippen molar-refractivity contribution in [2.45, 2.75) is 23.9 Å². The SMILES string of the molecule is CNC(=O)C(Cc1ccccc1)N(Cc1ccc(Br)cc1)C(=O)CN(c1ccc(Oc2ccccc2)cc1)S(=O)(=O)c1ccccc1. The molecule has 5 rings (SSSR count). The Bertz CT molecular complexity index is 1870. The van der Waals surface area contributed by atoms with Gasteiger partial charge in [0.2, 0.25) is 11.8 Å². The molecule has 0 heterocycles. The van der Waals surface area contributed by atoms with Crippen LogP contribution in [0.1, 0.15) is 11.1 Å². The lowest BCUT2D eigenvalue weighted by molar-refractivity contribution is -0.139. The lowest BCUT2D eigenvalue weighted by atomic mass is 10.0. The van der Waals surface area contributed by atoms with Gasteiger partial charge in [-0.3, -0.25) is 13.9 Å². The maximum atomic E-state index is 14.4. The summed E-state index contributed by atoms with van der Waals surface area (Å²) >= 11 is 3.45. The third kappa shape index (κ3) is 8.66. The number of halogens is 1. The molecule has 10 heteroatoms. The molecule has 1 atom stereocenters. The summed E-state index contributed by atoms with van der Waals surface area (Å²) < 4.78 is 36.2. The van der Waals surface area contributed by atoms with E-state index in [0.29, 0.717) is 11.5 Å². The van der Waals surface area contributed by atoms with Crippen LogP contribution in [-0.4, -0.2) is 44.8 Å². The molecule has 0 aliphatic heterocycles. The molecule has 5 aromatic carbocycles. The number of carbonyl (C=O) groups excluding carboxylic acids is 2. The van der Waals surface area contributed by atoms with Crippen LogP contribution in [0, 0.1) is 0 Å². The molecule has 0 spiro atoms. The summed E-state index contributed by atoms with van der Waals surface area (Å²) in [7, 11) is -2.68. The quantitative estimate of drug-likeness (QED) is 0.145. The molecular weight excluding hydrogens is 678 g/mol. The van der Waals surface area contributed by atoms with Crippen LogP contribution in [0.15, 0.2) is 149 Å². The molecule has 1 unspecified atom stereocenters. The van der Waals surface area contributed by atoms with E-state index < -0.39 is 28.5 Å². The Balaban J connectivity index is 1.53. The van der Waals surface area contributed by atoms with E-state index in [1.165, 1.54) is 24.1 Å². The van der Waals surface area contributed by atoms with Crippen LogP contribution < -0.4 is 14.4 Å². The second kappa shape index (κ2) is 15.6. The number of carbonyl (C=O) groups is 2. The summed E-state index contributed by atoms with van der Waals surface area (Å²) in [5, 5.41) is 2.70. The third-order valence-corrected chi connectivity index (χ3v) is 9.81. The first-order valence-corrected chi connectivity index (χ1v) is 17.2.